The van der Waals surface area contributed by atoms with E-state index in [-0.39, 0.29) is 6.61 Å². The monoisotopic (exact) mass is 189 g/mol. The maximum absolute atomic E-state index is 9.66. The van der Waals surface area contributed by atoms with Crippen molar-refractivity contribution in [3.8, 4) is 0 Å². The average Bonchev–Trinajstić information content (AvgIpc) is 2.05. The van der Waals surface area contributed by atoms with Gasteiger partial charge in [-0.1, -0.05) is 13.8 Å². The lowest BCUT2D eigenvalue weighted by Crippen LogP contribution is -2.44. The minimum absolute atomic E-state index is 0.170. The highest BCUT2D eigenvalue weighted by atomic mass is 16.3. The molecule has 2 N–H and O–H groups in total. The van der Waals surface area contributed by atoms with Gasteiger partial charge in [0.2, 0.25) is 0 Å². The molecule has 0 spiro atoms. The molecule has 0 aliphatic rings. The molecule has 0 aliphatic carbocycles. The number of rotatable bonds is 7. The SMILES string of the molecule is CCCN(CCC)CC(C)(O)CO. The molecule has 3 nitrogen and oxygen atoms in total. The molecule has 3 heteroatoms. The quantitative estimate of drug-likeness (QED) is 0.624. The Morgan fingerprint density at radius 2 is 1.62 bits per heavy atom. The van der Waals surface area contributed by atoms with Crippen molar-refractivity contribution < 1.29 is 10.2 Å². The summed E-state index contributed by atoms with van der Waals surface area (Å²) >= 11 is 0. The van der Waals surface area contributed by atoms with Crippen molar-refractivity contribution in [1.29, 1.82) is 0 Å². The summed E-state index contributed by atoms with van der Waals surface area (Å²) in [5, 5.41) is 18.6. The second-order valence-electron chi connectivity index (χ2n) is 3.93. The lowest BCUT2D eigenvalue weighted by molar-refractivity contribution is -0.0254. The Morgan fingerprint density at radius 1 is 1.15 bits per heavy atom. The van der Waals surface area contributed by atoms with Gasteiger partial charge in [-0.3, -0.25) is 0 Å². The van der Waals surface area contributed by atoms with Gasteiger partial charge in [0.25, 0.3) is 0 Å². The molecular weight excluding hydrogens is 166 g/mol. The molecule has 0 saturated carbocycles. The smallest absolute Gasteiger partial charge is 0.0975 e. The number of aliphatic hydroxyl groups excluding tert-OH is 1. The van der Waals surface area contributed by atoms with E-state index in [0.717, 1.165) is 25.9 Å². The molecule has 0 aromatic carbocycles. The highest BCUT2D eigenvalue weighted by Gasteiger charge is 2.21. The molecule has 0 fully saturated rings. The van der Waals surface area contributed by atoms with Gasteiger partial charge in [0.15, 0.2) is 0 Å². The molecule has 80 valence electrons. The molecular formula is C10H23NO2. The molecule has 0 aromatic rings. The van der Waals surface area contributed by atoms with Gasteiger partial charge in [-0.15, -0.1) is 0 Å². The summed E-state index contributed by atoms with van der Waals surface area (Å²) in [6, 6.07) is 0. The molecule has 0 saturated heterocycles. The van der Waals surface area contributed by atoms with Gasteiger partial charge in [-0.25, -0.2) is 0 Å². The molecule has 0 aliphatic heterocycles. The Balaban J connectivity index is 3.92. The van der Waals surface area contributed by atoms with Crippen LogP contribution >= 0.6 is 0 Å². The van der Waals surface area contributed by atoms with E-state index in [1.165, 1.54) is 0 Å². The van der Waals surface area contributed by atoms with Crippen LogP contribution in [0.3, 0.4) is 0 Å². The summed E-state index contributed by atoms with van der Waals surface area (Å²) in [6.45, 7) is 8.29. The third-order valence-corrected chi connectivity index (χ3v) is 1.98. The largest absolute Gasteiger partial charge is 0.393 e. The van der Waals surface area contributed by atoms with Gasteiger partial charge in [0, 0.05) is 6.54 Å². The van der Waals surface area contributed by atoms with Crippen molar-refractivity contribution in [2.24, 2.45) is 0 Å². The van der Waals surface area contributed by atoms with Crippen molar-refractivity contribution in [3.05, 3.63) is 0 Å². The lowest BCUT2D eigenvalue weighted by atomic mass is 10.1. The summed E-state index contributed by atoms with van der Waals surface area (Å²) in [4.78, 5) is 2.19. The van der Waals surface area contributed by atoms with Crippen LogP contribution in [0, 0.1) is 0 Å². The molecule has 0 aromatic heterocycles. The molecule has 0 bridgehead atoms. The van der Waals surface area contributed by atoms with Gasteiger partial charge in [-0.2, -0.15) is 0 Å². The third-order valence-electron chi connectivity index (χ3n) is 1.98. The van der Waals surface area contributed by atoms with Gasteiger partial charge in [0.05, 0.1) is 12.2 Å². The number of aliphatic hydroxyl groups is 2. The minimum Gasteiger partial charge on any atom is -0.393 e. The fourth-order valence-corrected chi connectivity index (χ4v) is 1.43. The second kappa shape index (κ2) is 6.35. The highest BCUT2D eigenvalue weighted by Crippen LogP contribution is 2.06. The Kier molecular flexibility index (Phi) is 6.29. The Bertz CT molecular complexity index is 120. The zero-order chi connectivity index (χ0) is 10.3. The van der Waals surface area contributed by atoms with Crippen molar-refractivity contribution in [2.45, 2.75) is 39.2 Å². The summed E-state index contributed by atoms with van der Waals surface area (Å²) in [6.07, 6.45) is 2.17. The van der Waals surface area contributed by atoms with Crippen LogP contribution in [-0.2, 0) is 0 Å². The first kappa shape index (κ1) is 12.9. The minimum atomic E-state index is -0.954. The van der Waals surface area contributed by atoms with E-state index < -0.39 is 5.60 Å². The summed E-state index contributed by atoms with van der Waals surface area (Å²) < 4.78 is 0. The Morgan fingerprint density at radius 3 is 1.92 bits per heavy atom. The maximum Gasteiger partial charge on any atom is 0.0975 e. The number of hydrogen-bond acceptors (Lipinski definition) is 3. The first-order valence-corrected chi connectivity index (χ1v) is 5.11. The fraction of sp³-hybridized carbons (Fsp3) is 1.00. The standard InChI is InChI=1S/C10H23NO2/c1-4-6-11(7-5-2)8-10(3,13)9-12/h12-13H,4-9H2,1-3H3. The molecule has 0 radical (unpaired) electrons. The Labute approximate surface area is 81.4 Å². The van der Waals surface area contributed by atoms with Crippen LogP contribution in [0.2, 0.25) is 0 Å². The first-order chi connectivity index (χ1) is 6.05. The second-order valence-corrected chi connectivity index (χ2v) is 3.93. The van der Waals surface area contributed by atoms with Crippen LogP contribution in [0.25, 0.3) is 0 Å². The van der Waals surface area contributed by atoms with E-state index in [1.807, 2.05) is 0 Å². The maximum atomic E-state index is 9.66. The van der Waals surface area contributed by atoms with E-state index in [2.05, 4.69) is 18.7 Å². The zero-order valence-corrected chi connectivity index (χ0v) is 9.08. The third kappa shape index (κ3) is 6.02. The average molecular weight is 189 g/mol. The summed E-state index contributed by atoms with van der Waals surface area (Å²) in [5.74, 6) is 0. The number of hydrogen-bond donors (Lipinski definition) is 2. The zero-order valence-electron chi connectivity index (χ0n) is 9.08. The molecule has 0 rings (SSSR count). The summed E-state index contributed by atoms with van der Waals surface area (Å²) in [5.41, 5.74) is -0.954. The first-order valence-electron chi connectivity index (χ1n) is 5.11. The molecule has 1 unspecified atom stereocenters. The van der Waals surface area contributed by atoms with E-state index in [0.29, 0.717) is 6.54 Å². The van der Waals surface area contributed by atoms with E-state index >= 15 is 0 Å². The van der Waals surface area contributed by atoms with Crippen LogP contribution in [0.15, 0.2) is 0 Å². The molecule has 0 heterocycles. The predicted octanol–water partition coefficient (Wildman–Crippen LogP) is 0.852. The fourth-order valence-electron chi connectivity index (χ4n) is 1.43. The van der Waals surface area contributed by atoms with Crippen LogP contribution < -0.4 is 0 Å². The van der Waals surface area contributed by atoms with Gasteiger partial charge < -0.3 is 15.1 Å². The van der Waals surface area contributed by atoms with Crippen LogP contribution in [0.4, 0.5) is 0 Å². The lowest BCUT2D eigenvalue weighted by Gasteiger charge is -2.29. The molecule has 13 heavy (non-hydrogen) atoms. The molecule has 1 atom stereocenters. The van der Waals surface area contributed by atoms with Crippen molar-refractivity contribution in [1.82, 2.24) is 4.90 Å². The topological polar surface area (TPSA) is 43.7 Å². The van der Waals surface area contributed by atoms with Crippen LogP contribution in [0.5, 0.6) is 0 Å². The normalized spacial score (nSPS) is 16.2. The van der Waals surface area contributed by atoms with Gasteiger partial charge in [0.1, 0.15) is 0 Å². The molecule has 0 amide bonds. The Hall–Kier alpha value is -0.120. The van der Waals surface area contributed by atoms with Crippen LogP contribution in [0.1, 0.15) is 33.6 Å². The van der Waals surface area contributed by atoms with Gasteiger partial charge >= 0.3 is 0 Å². The summed E-state index contributed by atoms with van der Waals surface area (Å²) in [7, 11) is 0. The van der Waals surface area contributed by atoms with E-state index in [4.69, 9.17) is 5.11 Å². The van der Waals surface area contributed by atoms with Gasteiger partial charge in [-0.05, 0) is 32.9 Å². The van der Waals surface area contributed by atoms with E-state index in [1.54, 1.807) is 6.92 Å². The van der Waals surface area contributed by atoms with Crippen LogP contribution in [-0.4, -0.2) is 47.0 Å². The van der Waals surface area contributed by atoms with Crippen molar-refractivity contribution >= 4 is 0 Å². The van der Waals surface area contributed by atoms with E-state index in [9.17, 15) is 5.11 Å². The highest BCUT2D eigenvalue weighted by molar-refractivity contribution is 4.76. The van der Waals surface area contributed by atoms with Crippen molar-refractivity contribution in [3.63, 3.8) is 0 Å². The van der Waals surface area contributed by atoms with Crippen molar-refractivity contribution in [2.75, 3.05) is 26.2 Å². The predicted molar refractivity (Wildman–Crippen MR) is 54.7 cm³/mol. The number of nitrogens with zero attached hydrogens (tertiary/aromatic N) is 1.